The molecule has 2 aliphatic rings. The highest BCUT2D eigenvalue weighted by molar-refractivity contribution is 7.52. The molecule has 2 fully saturated rings. The fourth-order valence-corrected chi connectivity index (χ4v) is 7.13. The molecule has 0 unspecified atom stereocenters. The highest BCUT2D eigenvalue weighted by atomic mass is 31.2. The molecule has 5 rings (SSSR count). The van der Waals surface area contributed by atoms with Crippen LogP contribution in [0.15, 0.2) is 48.8 Å². The van der Waals surface area contributed by atoms with Crippen LogP contribution in [-0.4, -0.2) is 45.4 Å². The number of esters is 1. The highest BCUT2D eigenvalue weighted by Crippen LogP contribution is 2.51. The second-order valence-electron chi connectivity index (χ2n) is 10.9. The van der Waals surface area contributed by atoms with E-state index in [4.69, 9.17) is 24.3 Å². The van der Waals surface area contributed by atoms with Crippen LogP contribution in [0, 0.1) is 17.2 Å². The van der Waals surface area contributed by atoms with Crippen LogP contribution in [-0.2, 0) is 29.0 Å². The summed E-state index contributed by atoms with van der Waals surface area (Å²) in [6.07, 6.45) is 5.01. The van der Waals surface area contributed by atoms with Gasteiger partial charge in [0.2, 0.25) is 0 Å². The zero-order valence-corrected chi connectivity index (χ0v) is 24.8. The van der Waals surface area contributed by atoms with Gasteiger partial charge < -0.3 is 19.7 Å². The number of nitrogen functional groups attached to an aromatic ring is 1. The summed E-state index contributed by atoms with van der Waals surface area (Å²) in [5.41, 5.74) is 4.58. The maximum absolute atomic E-state index is 14.3. The van der Waals surface area contributed by atoms with E-state index < -0.39 is 31.0 Å². The Kier molecular flexibility index (Phi) is 8.85. The van der Waals surface area contributed by atoms with Crippen LogP contribution in [0.25, 0.3) is 5.52 Å². The Morgan fingerprint density at radius 3 is 2.67 bits per heavy atom. The van der Waals surface area contributed by atoms with Gasteiger partial charge in [0.25, 0.3) is 0 Å². The third kappa shape index (κ3) is 6.01. The van der Waals surface area contributed by atoms with Crippen molar-refractivity contribution in [1.82, 2.24) is 19.7 Å². The molecule has 42 heavy (non-hydrogen) atoms. The number of hydrogen-bond donors (Lipinski definition) is 2. The molecule has 1 aliphatic heterocycles. The van der Waals surface area contributed by atoms with Crippen LogP contribution in [0.1, 0.15) is 64.5 Å². The number of benzene rings is 1. The molecule has 12 nitrogen and oxygen atoms in total. The predicted molar refractivity (Wildman–Crippen MR) is 154 cm³/mol. The van der Waals surface area contributed by atoms with Crippen LogP contribution >= 0.6 is 7.75 Å². The van der Waals surface area contributed by atoms with Crippen LogP contribution in [0.4, 0.5) is 5.82 Å². The molecule has 1 saturated carbocycles. The zero-order valence-electron chi connectivity index (χ0n) is 23.9. The van der Waals surface area contributed by atoms with Crippen molar-refractivity contribution in [2.75, 3.05) is 18.9 Å². The van der Waals surface area contributed by atoms with Gasteiger partial charge >= 0.3 is 13.7 Å². The molecule has 13 heteroatoms. The molecular formula is C29H37N6O6P. The van der Waals surface area contributed by atoms with E-state index in [1.54, 1.807) is 40.9 Å². The average Bonchev–Trinajstić information content (AvgIpc) is 3.61. The summed E-state index contributed by atoms with van der Waals surface area (Å²) in [5.74, 6) is 0.415. The van der Waals surface area contributed by atoms with Crippen molar-refractivity contribution < 1.29 is 27.9 Å². The lowest BCUT2D eigenvalue weighted by atomic mass is 9.78. The molecular weight excluding hydrogens is 559 g/mol. The molecule has 3 aromatic rings. The fraction of sp³-hybridized carbons (Fsp3) is 0.517. The molecule has 1 aliphatic carbocycles. The summed E-state index contributed by atoms with van der Waals surface area (Å²) in [7, 11) is -4.11. The molecule has 0 radical (unpaired) electrons. The molecule has 3 N–H and O–H groups in total. The lowest BCUT2D eigenvalue weighted by Crippen LogP contribution is -2.57. The lowest BCUT2D eigenvalue weighted by molar-refractivity contribution is -0.156. The van der Waals surface area contributed by atoms with Crippen molar-refractivity contribution in [1.29, 1.82) is 5.26 Å². The summed E-state index contributed by atoms with van der Waals surface area (Å²) in [6, 6.07) is 14.4. The van der Waals surface area contributed by atoms with E-state index in [0.717, 1.165) is 19.3 Å². The van der Waals surface area contributed by atoms with Crippen LogP contribution < -0.4 is 15.3 Å². The first-order chi connectivity index (χ1) is 20.3. The zero-order chi connectivity index (χ0) is 29.8. The van der Waals surface area contributed by atoms with Gasteiger partial charge in [0.15, 0.2) is 11.4 Å². The van der Waals surface area contributed by atoms with Gasteiger partial charge in [-0.05, 0) is 62.3 Å². The number of aromatic nitrogens is 3. The van der Waals surface area contributed by atoms with E-state index in [9.17, 15) is 14.6 Å². The van der Waals surface area contributed by atoms with Crippen LogP contribution in [0.2, 0.25) is 0 Å². The first-order valence-electron chi connectivity index (χ1n) is 14.4. The summed E-state index contributed by atoms with van der Waals surface area (Å²) < 4.78 is 39.6. The number of nitriles is 1. The van der Waals surface area contributed by atoms with Crippen molar-refractivity contribution in [3.05, 3.63) is 54.5 Å². The van der Waals surface area contributed by atoms with Crippen molar-refractivity contribution in [3.63, 3.8) is 0 Å². The maximum atomic E-state index is 14.3. The van der Waals surface area contributed by atoms with Crippen LogP contribution in [0.3, 0.4) is 0 Å². The standard InChI is InChI=1S/C29H37N6O6P/c1-3-21(4-2)17-38-27(36)28(14-8-15-28)34-42(37,41-22-9-6-5-7-10-22)39-18-23-13-16-29(19-30,40-23)25-12-11-24-26(31)32-20-33-35(24)25/h5-7,9-12,20-21,23H,3-4,8,13-18H2,1-2H3,(H,34,37)(H2,31,32,33)/t23-,29+,42+/m1/s1. The predicted octanol–water partition coefficient (Wildman–Crippen LogP) is 4.90. The largest absolute Gasteiger partial charge is 0.464 e. The Hall–Kier alpha value is -3.49. The quantitative estimate of drug-likeness (QED) is 0.204. The van der Waals surface area contributed by atoms with Gasteiger partial charge in [-0.25, -0.2) is 14.1 Å². The number of carbonyl (C=O) groups is 1. The van der Waals surface area contributed by atoms with E-state index in [2.05, 4.69) is 35.1 Å². The van der Waals surface area contributed by atoms with Gasteiger partial charge in [0.1, 0.15) is 29.2 Å². The Bertz CT molecular complexity index is 1480. The number of hydrogen-bond acceptors (Lipinski definition) is 10. The van der Waals surface area contributed by atoms with Crippen molar-refractivity contribution in [2.24, 2.45) is 5.92 Å². The topological polar surface area (TPSA) is 163 Å². The molecule has 3 heterocycles. The number of nitrogens with two attached hydrogens (primary N) is 1. The number of carbonyl (C=O) groups excluding carboxylic acids is 1. The van der Waals surface area contributed by atoms with E-state index in [-0.39, 0.29) is 18.3 Å². The minimum atomic E-state index is -4.11. The number of para-hydroxylation sites is 1. The van der Waals surface area contributed by atoms with Gasteiger partial charge in [-0.1, -0.05) is 44.9 Å². The second-order valence-corrected chi connectivity index (χ2v) is 12.6. The normalized spacial score (nSPS) is 22.8. The van der Waals surface area contributed by atoms with E-state index in [1.807, 2.05) is 6.07 Å². The number of rotatable bonds is 13. The van der Waals surface area contributed by atoms with E-state index >= 15 is 0 Å². The Morgan fingerprint density at radius 2 is 2.00 bits per heavy atom. The van der Waals surface area contributed by atoms with Gasteiger partial charge in [0, 0.05) is 0 Å². The average molecular weight is 597 g/mol. The number of nitrogens with one attached hydrogen (secondary N) is 1. The molecule has 2 aromatic heterocycles. The van der Waals surface area contributed by atoms with Gasteiger partial charge in [-0.3, -0.25) is 9.32 Å². The molecule has 1 saturated heterocycles. The highest BCUT2D eigenvalue weighted by Gasteiger charge is 2.52. The Morgan fingerprint density at radius 1 is 1.24 bits per heavy atom. The van der Waals surface area contributed by atoms with Crippen molar-refractivity contribution in [3.8, 4) is 11.8 Å². The Balaban J connectivity index is 1.32. The van der Waals surface area contributed by atoms with Gasteiger partial charge in [0.05, 0.1) is 25.0 Å². The van der Waals surface area contributed by atoms with Crippen molar-refractivity contribution in [2.45, 2.75) is 76.0 Å². The molecule has 0 spiro atoms. The lowest BCUT2D eigenvalue weighted by Gasteiger charge is -2.41. The SMILES string of the molecule is CCC(CC)COC(=O)C1(N[P@](=O)(OC[C@H]2CC[C@](C#N)(c3ccc4c(N)ncnn34)O2)Oc2ccccc2)CCC1. The number of anilines is 1. The maximum Gasteiger partial charge on any atom is 0.459 e. The van der Waals surface area contributed by atoms with Crippen LogP contribution in [0.5, 0.6) is 5.75 Å². The van der Waals surface area contributed by atoms with E-state index in [0.29, 0.717) is 49.3 Å². The molecule has 3 atom stereocenters. The first kappa shape index (κ1) is 30.0. The summed E-state index contributed by atoms with van der Waals surface area (Å²) >= 11 is 0. The monoisotopic (exact) mass is 596 g/mol. The summed E-state index contributed by atoms with van der Waals surface area (Å²) in [6.45, 7) is 4.28. The Labute approximate surface area is 245 Å². The first-order valence-corrected chi connectivity index (χ1v) is 15.9. The van der Waals surface area contributed by atoms with Gasteiger partial charge in [-0.2, -0.15) is 15.4 Å². The van der Waals surface area contributed by atoms with Gasteiger partial charge in [-0.15, -0.1) is 0 Å². The third-order valence-corrected chi connectivity index (χ3v) is 9.86. The van der Waals surface area contributed by atoms with E-state index in [1.165, 1.54) is 6.33 Å². The second kappa shape index (κ2) is 12.4. The number of ether oxygens (including phenoxy) is 2. The third-order valence-electron chi connectivity index (χ3n) is 8.22. The summed E-state index contributed by atoms with van der Waals surface area (Å²) in [5, 5.41) is 17.4. The minimum absolute atomic E-state index is 0.139. The fourth-order valence-electron chi connectivity index (χ4n) is 5.36. The molecule has 1 aromatic carbocycles. The number of nitrogens with zero attached hydrogens (tertiary/aromatic N) is 4. The molecule has 224 valence electrons. The minimum Gasteiger partial charge on any atom is -0.464 e. The van der Waals surface area contributed by atoms with Crippen molar-refractivity contribution >= 4 is 25.1 Å². The smallest absolute Gasteiger partial charge is 0.459 e. The molecule has 0 amide bonds. The summed E-state index contributed by atoms with van der Waals surface area (Å²) in [4.78, 5) is 17.3. The number of fused-ring (bicyclic) bond motifs is 1. The molecule has 0 bridgehead atoms.